The molecule has 0 fully saturated rings. The highest BCUT2D eigenvalue weighted by Gasteiger charge is 2.05. The normalized spacial score (nSPS) is 10.4. The van der Waals surface area contributed by atoms with E-state index < -0.39 is 4.69 Å². The Labute approximate surface area is 95.8 Å². The van der Waals surface area contributed by atoms with Gasteiger partial charge in [0.2, 0.25) is 0 Å². The highest BCUT2D eigenvalue weighted by Crippen LogP contribution is 2.31. The maximum Gasteiger partial charge on any atom is 0.0902 e. The fraction of sp³-hybridized carbons (Fsp3) is 0.125. The van der Waals surface area contributed by atoms with E-state index in [0.29, 0.717) is 28.2 Å². The van der Waals surface area contributed by atoms with Crippen LogP contribution in [0.5, 0.6) is 0 Å². The van der Waals surface area contributed by atoms with Gasteiger partial charge in [-0.2, -0.15) is 0 Å². The Balaban J connectivity index is 2.91. The standard InChI is InChI=1S/C8H9ClFN3OS/c1-11-8-4-6(15-13(10)14)2-3-7(8)12-5-9/h2-4,12,14H,1,5H2. The molecule has 0 spiro atoms. The average Bonchev–Trinajstić information content (AvgIpc) is 2.20. The van der Waals surface area contributed by atoms with Crippen LogP contribution in [0, 0.1) is 0 Å². The number of benzene rings is 1. The van der Waals surface area contributed by atoms with E-state index in [1.165, 1.54) is 0 Å². The Kier molecular flexibility index (Phi) is 4.83. The number of rotatable bonds is 5. The van der Waals surface area contributed by atoms with Crippen molar-refractivity contribution in [2.75, 3.05) is 11.3 Å². The first kappa shape index (κ1) is 12.3. The Hall–Kier alpha value is -0.820. The summed E-state index contributed by atoms with van der Waals surface area (Å²) in [5, 5.41) is 11.2. The van der Waals surface area contributed by atoms with Crippen LogP contribution in [0.25, 0.3) is 0 Å². The minimum atomic E-state index is -0.475. The van der Waals surface area contributed by atoms with Gasteiger partial charge in [0.1, 0.15) is 0 Å². The molecule has 82 valence electrons. The van der Waals surface area contributed by atoms with Gasteiger partial charge in [-0.15, -0.1) is 11.6 Å². The van der Waals surface area contributed by atoms with Crippen LogP contribution in [0.2, 0.25) is 0 Å². The van der Waals surface area contributed by atoms with Crippen LogP contribution in [-0.2, 0) is 0 Å². The molecule has 0 atom stereocenters. The molecule has 0 unspecified atom stereocenters. The lowest BCUT2D eigenvalue weighted by Gasteiger charge is -2.08. The summed E-state index contributed by atoms with van der Waals surface area (Å²) in [7, 11) is 0. The lowest BCUT2D eigenvalue weighted by molar-refractivity contribution is -0.138. The van der Waals surface area contributed by atoms with E-state index in [0.717, 1.165) is 0 Å². The molecule has 15 heavy (non-hydrogen) atoms. The molecule has 4 nitrogen and oxygen atoms in total. The number of nitrogens with zero attached hydrogens (tertiary/aromatic N) is 2. The molecule has 1 aromatic carbocycles. The summed E-state index contributed by atoms with van der Waals surface area (Å²) in [6.07, 6.45) is 0. The van der Waals surface area contributed by atoms with Crippen LogP contribution in [0.3, 0.4) is 0 Å². The van der Waals surface area contributed by atoms with E-state index in [9.17, 15) is 4.48 Å². The summed E-state index contributed by atoms with van der Waals surface area (Å²) < 4.78 is 11.7. The van der Waals surface area contributed by atoms with Crippen molar-refractivity contribution in [2.45, 2.75) is 4.90 Å². The topological polar surface area (TPSA) is 47.9 Å². The second-order valence-corrected chi connectivity index (χ2v) is 3.69. The van der Waals surface area contributed by atoms with Crippen molar-refractivity contribution in [1.82, 2.24) is 4.69 Å². The van der Waals surface area contributed by atoms with Gasteiger partial charge in [-0.25, -0.2) is 0 Å². The lowest BCUT2D eigenvalue weighted by Crippen LogP contribution is -1.96. The molecule has 0 heterocycles. The molecule has 7 heteroatoms. The third kappa shape index (κ3) is 3.67. The molecular weight excluding hydrogens is 241 g/mol. The summed E-state index contributed by atoms with van der Waals surface area (Å²) >= 11 is 6.03. The number of hydrogen-bond acceptors (Lipinski definition) is 5. The van der Waals surface area contributed by atoms with Gasteiger partial charge < -0.3 is 5.32 Å². The van der Waals surface area contributed by atoms with Gasteiger partial charge in [0.25, 0.3) is 0 Å². The maximum atomic E-state index is 12.1. The zero-order valence-corrected chi connectivity index (χ0v) is 9.22. The predicted octanol–water partition coefficient (Wildman–Crippen LogP) is 3.21. The highest BCUT2D eigenvalue weighted by molar-refractivity contribution is 7.96. The lowest BCUT2D eigenvalue weighted by atomic mass is 10.3. The number of anilines is 1. The Morgan fingerprint density at radius 2 is 2.40 bits per heavy atom. The first-order valence-corrected chi connectivity index (χ1v) is 5.21. The van der Waals surface area contributed by atoms with E-state index in [1.54, 1.807) is 18.2 Å². The van der Waals surface area contributed by atoms with Gasteiger partial charge in [-0.05, 0) is 24.9 Å². The Bertz CT molecular complexity index is 351. The van der Waals surface area contributed by atoms with Crippen molar-refractivity contribution in [3.8, 4) is 0 Å². The van der Waals surface area contributed by atoms with Crippen LogP contribution >= 0.6 is 23.5 Å². The van der Waals surface area contributed by atoms with Crippen molar-refractivity contribution in [2.24, 2.45) is 4.99 Å². The Morgan fingerprint density at radius 3 is 2.93 bits per heavy atom. The Morgan fingerprint density at radius 1 is 1.67 bits per heavy atom. The van der Waals surface area contributed by atoms with Crippen molar-refractivity contribution >= 4 is 41.6 Å². The van der Waals surface area contributed by atoms with Crippen molar-refractivity contribution in [1.29, 1.82) is 0 Å². The van der Waals surface area contributed by atoms with Gasteiger partial charge >= 0.3 is 0 Å². The molecule has 2 N–H and O–H groups in total. The molecule has 0 aromatic heterocycles. The summed E-state index contributed by atoms with van der Waals surface area (Å²) in [5.74, 6) is 0. The fourth-order valence-electron chi connectivity index (χ4n) is 1.01. The third-order valence-electron chi connectivity index (χ3n) is 1.58. The molecule has 0 radical (unpaired) electrons. The first-order chi connectivity index (χ1) is 7.17. The van der Waals surface area contributed by atoms with Crippen LogP contribution < -0.4 is 5.32 Å². The number of aliphatic imine (C=N–C) groups is 1. The van der Waals surface area contributed by atoms with E-state index in [4.69, 9.17) is 16.8 Å². The molecule has 0 amide bonds. The fourth-order valence-corrected chi connectivity index (χ4v) is 1.62. The van der Waals surface area contributed by atoms with Crippen molar-refractivity contribution in [3.05, 3.63) is 18.2 Å². The first-order valence-electron chi connectivity index (χ1n) is 3.90. The molecule has 0 bridgehead atoms. The van der Waals surface area contributed by atoms with Gasteiger partial charge in [0.05, 0.1) is 17.4 Å². The van der Waals surface area contributed by atoms with Crippen LogP contribution in [0.4, 0.5) is 15.9 Å². The highest BCUT2D eigenvalue weighted by atomic mass is 35.5. The van der Waals surface area contributed by atoms with Gasteiger partial charge in [0, 0.05) is 21.5 Å². The van der Waals surface area contributed by atoms with Crippen LogP contribution in [0.1, 0.15) is 0 Å². The van der Waals surface area contributed by atoms with Crippen molar-refractivity contribution in [3.63, 3.8) is 0 Å². The second-order valence-electron chi connectivity index (χ2n) is 2.47. The summed E-state index contributed by atoms with van der Waals surface area (Å²) in [5.41, 5.74) is 1.25. The molecule has 0 aliphatic rings. The molecule has 1 rings (SSSR count). The molecule has 0 saturated heterocycles. The number of hydrogen-bond donors (Lipinski definition) is 2. The average molecular weight is 250 g/mol. The minimum Gasteiger partial charge on any atom is -0.370 e. The SMILES string of the molecule is C=Nc1cc(SN(O)F)ccc1NCCl. The van der Waals surface area contributed by atoms with E-state index in [2.05, 4.69) is 17.0 Å². The van der Waals surface area contributed by atoms with E-state index >= 15 is 0 Å². The molecule has 0 saturated carbocycles. The van der Waals surface area contributed by atoms with E-state index in [-0.39, 0.29) is 6.00 Å². The molecular formula is C8H9ClFN3OS. The predicted molar refractivity (Wildman–Crippen MR) is 60.6 cm³/mol. The largest absolute Gasteiger partial charge is 0.370 e. The summed E-state index contributed by atoms with van der Waals surface area (Å²) in [6, 6.07) is 5.12. The quantitative estimate of drug-likeness (QED) is 0.210. The van der Waals surface area contributed by atoms with E-state index in [1.807, 2.05) is 0 Å². The van der Waals surface area contributed by atoms with Gasteiger partial charge in [-0.1, -0.05) is 4.48 Å². The number of nitrogens with one attached hydrogen (secondary N) is 1. The third-order valence-corrected chi connectivity index (χ3v) is 2.33. The van der Waals surface area contributed by atoms with Crippen molar-refractivity contribution < 1.29 is 9.69 Å². The zero-order chi connectivity index (χ0) is 11.3. The molecule has 0 aliphatic heterocycles. The monoisotopic (exact) mass is 249 g/mol. The second kappa shape index (κ2) is 5.92. The van der Waals surface area contributed by atoms with Crippen LogP contribution in [-0.4, -0.2) is 22.6 Å². The van der Waals surface area contributed by atoms with Gasteiger partial charge in [0.15, 0.2) is 0 Å². The van der Waals surface area contributed by atoms with Gasteiger partial charge in [-0.3, -0.25) is 10.2 Å². The smallest absolute Gasteiger partial charge is 0.0902 e. The zero-order valence-electron chi connectivity index (χ0n) is 7.65. The summed E-state index contributed by atoms with van der Waals surface area (Å²) in [6.45, 7) is 3.38. The number of alkyl halides is 1. The number of halogens is 2. The molecule has 1 aromatic rings. The van der Waals surface area contributed by atoms with Crippen LogP contribution in [0.15, 0.2) is 28.1 Å². The molecule has 0 aliphatic carbocycles. The maximum absolute atomic E-state index is 12.1. The summed E-state index contributed by atoms with van der Waals surface area (Å²) in [4.78, 5) is 4.25. The minimum absolute atomic E-state index is 0.240.